The maximum atomic E-state index is 13.1. The Morgan fingerprint density at radius 2 is 1.85 bits per heavy atom. The van der Waals surface area contributed by atoms with Crippen LogP contribution in [0.25, 0.3) is 11.1 Å². The number of hydrogen-bond donors (Lipinski definition) is 2. The maximum absolute atomic E-state index is 13.1. The van der Waals surface area contributed by atoms with Gasteiger partial charge >= 0.3 is 0 Å². The molecule has 3 aromatic rings. The van der Waals surface area contributed by atoms with E-state index in [-0.39, 0.29) is 24.0 Å². The molecule has 2 N–H and O–H groups in total. The molecule has 1 fully saturated rings. The molecule has 0 radical (unpaired) electrons. The molecule has 2 aromatic carbocycles. The largest absolute Gasteiger partial charge is 0.434 e. The van der Waals surface area contributed by atoms with Crippen molar-refractivity contribution in [2.45, 2.75) is 57.4 Å². The van der Waals surface area contributed by atoms with Crippen molar-refractivity contribution in [3.8, 4) is 6.07 Å². The summed E-state index contributed by atoms with van der Waals surface area (Å²) in [5.41, 5.74) is 2.45. The van der Waals surface area contributed by atoms with E-state index in [0.717, 1.165) is 19.3 Å². The van der Waals surface area contributed by atoms with E-state index in [1.165, 1.54) is 19.3 Å². The fourth-order valence-corrected chi connectivity index (χ4v) is 4.56. The highest BCUT2D eigenvalue weighted by Gasteiger charge is 2.25. The van der Waals surface area contributed by atoms with Crippen LogP contribution in [0.1, 0.15) is 67.6 Å². The second-order valence-corrected chi connectivity index (χ2v) is 8.90. The van der Waals surface area contributed by atoms with Gasteiger partial charge < -0.3 is 15.1 Å². The van der Waals surface area contributed by atoms with E-state index in [2.05, 4.69) is 21.7 Å². The van der Waals surface area contributed by atoms with Crippen molar-refractivity contribution in [2.75, 3.05) is 11.9 Å². The van der Waals surface area contributed by atoms with Gasteiger partial charge in [0, 0.05) is 13.0 Å². The van der Waals surface area contributed by atoms with Gasteiger partial charge in [-0.25, -0.2) is 4.98 Å². The number of anilines is 1. The van der Waals surface area contributed by atoms with Gasteiger partial charge in [0.1, 0.15) is 17.6 Å². The molecule has 1 aromatic heterocycles. The van der Waals surface area contributed by atoms with E-state index < -0.39 is 6.04 Å². The van der Waals surface area contributed by atoms with E-state index in [9.17, 15) is 14.9 Å². The van der Waals surface area contributed by atoms with Crippen LogP contribution in [0.15, 0.2) is 52.9 Å². The summed E-state index contributed by atoms with van der Waals surface area (Å²) in [5.74, 6) is 0.322. The van der Waals surface area contributed by atoms with Gasteiger partial charge in [-0.15, -0.1) is 0 Å². The number of para-hydroxylation sites is 3. The van der Waals surface area contributed by atoms with Crippen LogP contribution in [-0.2, 0) is 4.79 Å². The first-order valence-electron chi connectivity index (χ1n) is 12.1. The van der Waals surface area contributed by atoms with Gasteiger partial charge in [-0.3, -0.25) is 9.59 Å². The first-order chi connectivity index (χ1) is 16.6. The minimum Gasteiger partial charge on any atom is -0.434 e. The van der Waals surface area contributed by atoms with Gasteiger partial charge in [0.25, 0.3) is 5.89 Å². The Morgan fingerprint density at radius 1 is 1.09 bits per heavy atom. The lowest BCUT2D eigenvalue weighted by molar-refractivity contribution is -0.122. The van der Waals surface area contributed by atoms with Crippen LogP contribution < -0.4 is 10.6 Å². The molecule has 1 saturated carbocycles. The zero-order valence-electron chi connectivity index (χ0n) is 19.3. The lowest BCUT2D eigenvalue weighted by atomic mass is 9.84. The number of oxazole rings is 1. The summed E-state index contributed by atoms with van der Waals surface area (Å²) in [6.45, 7) is 0.382. The third kappa shape index (κ3) is 6.02. The number of ketones is 1. The Hall–Kier alpha value is -3.66. The highest BCUT2D eigenvalue weighted by atomic mass is 16.4. The van der Waals surface area contributed by atoms with Crippen LogP contribution in [-0.4, -0.2) is 29.3 Å². The molecule has 7 heteroatoms. The number of nitrogens with zero attached hydrogens (tertiary/aromatic N) is 2. The molecule has 1 atom stereocenters. The van der Waals surface area contributed by atoms with Crippen molar-refractivity contribution in [2.24, 2.45) is 5.92 Å². The molecule has 1 heterocycles. The Bertz CT molecular complexity index is 1140. The van der Waals surface area contributed by atoms with Gasteiger partial charge in [-0.1, -0.05) is 56.4 Å². The summed E-state index contributed by atoms with van der Waals surface area (Å²) in [7, 11) is 0. The molecule has 0 spiro atoms. The van der Waals surface area contributed by atoms with Crippen LogP contribution in [0, 0.1) is 17.2 Å². The number of amides is 1. The smallest absolute Gasteiger partial charge is 0.264 e. The Labute approximate surface area is 199 Å². The number of fused-ring (bicyclic) bond motifs is 1. The number of carbonyl (C=O) groups is 2. The molecule has 0 aliphatic heterocycles. The van der Waals surface area contributed by atoms with Crippen LogP contribution in [0.4, 0.5) is 5.69 Å². The van der Waals surface area contributed by atoms with Gasteiger partial charge in [0.2, 0.25) is 11.7 Å². The normalized spacial score (nSPS) is 14.9. The molecule has 1 aliphatic carbocycles. The standard InChI is InChI=1S/C27H30N4O3/c28-18-20-11-4-5-12-21(20)30-23(17-19-9-2-1-3-10-19)26(33)29-16-8-14-24(32)27-31-22-13-6-7-15-25(22)34-27/h4-7,11-13,15,19,23,30H,1-3,8-10,14,16-17H2,(H,29,33)/t23-/m0/s1. The van der Waals surface area contributed by atoms with Crippen molar-refractivity contribution in [3.05, 3.63) is 60.0 Å². The third-order valence-corrected chi connectivity index (χ3v) is 6.40. The molecular weight excluding hydrogens is 428 g/mol. The molecule has 176 valence electrons. The van der Waals surface area contributed by atoms with Gasteiger partial charge in [-0.2, -0.15) is 5.26 Å². The first-order valence-corrected chi connectivity index (χ1v) is 12.1. The number of rotatable bonds is 10. The minimum atomic E-state index is -0.426. The zero-order valence-corrected chi connectivity index (χ0v) is 19.3. The predicted molar refractivity (Wildman–Crippen MR) is 130 cm³/mol. The predicted octanol–water partition coefficient (Wildman–Crippen LogP) is 5.23. The Morgan fingerprint density at radius 3 is 2.65 bits per heavy atom. The highest BCUT2D eigenvalue weighted by Crippen LogP contribution is 2.29. The summed E-state index contributed by atoms with van der Waals surface area (Å²) in [4.78, 5) is 29.8. The SMILES string of the molecule is N#Cc1ccccc1N[C@@H](CC1CCCCC1)C(=O)NCCCC(=O)c1nc2ccccc2o1. The molecule has 34 heavy (non-hydrogen) atoms. The lowest BCUT2D eigenvalue weighted by Crippen LogP contribution is -2.41. The second-order valence-electron chi connectivity index (χ2n) is 8.90. The number of benzene rings is 2. The van der Waals surface area contributed by atoms with E-state index in [1.807, 2.05) is 30.3 Å². The number of aromatic nitrogens is 1. The lowest BCUT2D eigenvalue weighted by Gasteiger charge is -2.27. The number of nitriles is 1. The monoisotopic (exact) mass is 458 g/mol. The third-order valence-electron chi connectivity index (χ3n) is 6.40. The fourth-order valence-electron chi connectivity index (χ4n) is 4.56. The first kappa shape index (κ1) is 23.5. The van der Waals surface area contributed by atoms with Gasteiger partial charge in [0.05, 0.1) is 11.3 Å². The average molecular weight is 459 g/mol. The summed E-state index contributed by atoms with van der Waals surface area (Å²) < 4.78 is 5.53. The van der Waals surface area contributed by atoms with E-state index >= 15 is 0 Å². The molecule has 0 saturated heterocycles. The molecule has 0 bridgehead atoms. The summed E-state index contributed by atoms with van der Waals surface area (Å²) in [6.07, 6.45) is 7.38. The number of carbonyl (C=O) groups excluding carboxylic acids is 2. The molecule has 0 unspecified atom stereocenters. The van der Waals surface area contributed by atoms with E-state index in [4.69, 9.17) is 4.42 Å². The van der Waals surface area contributed by atoms with Crippen molar-refractivity contribution in [1.82, 2.24) is 10.3 Å². The quantitative estimate of drug-likeness (QED) is 0.318. The molecule has 7 nitrogen and oxygen atoms in total. The maximum Gasteiger partial charge on any atom is 0.264 e. The minimum absolute atomic E-state index is 0.104. The topological polar surface area (TPSA) is 108 Å². The van der Waals surface area contributed by atoms with E-state index in [0.29, 0.717) is 41.2 Å². The van der Waals surface area contributed by atoms with E-state index in [1.54, 1.807) is 18.2 Å². The second kappa shape index (κ2) is 11.5. The Balaban J connectivity index is 1.32. The zero-order chi connectivity index (χ0) is 23.8. The van der Waals surface area contributed by atoms with Crippen LogP contribution in [0.5, 0.6) is 0 Å². The summed E-state index contributed by atoms with van der Waals surface area (Å²) >= 11 is 0. The molecule has 1 amide bonds. The van der Waals surface area contributed by atoms with Crippen molar-refractivity contribution >= 4 is 28.5 Å². The van der Waals surface area contributed by atoms with Crippen LogP contribution >= 0.6 is 0 Å². The van der Waals surface area contributed by atoms with Crippen molar-refractivity contribution in [3.63, 3.8) is 0 Å². The van der Waals surface area contributed by atoms with Crippen molar-refractivity contribution in [1.29, 1.82) is 5.26 Å². The fraction of sp³-hybridized carbons (Fsp3) is 0.407. The van der Waals surface area contributed by atoms with Crippen LogP contribution in [0.2, 0.25) is 0 Å². The number of Topliss-reactive ketones (excluding diaryl/α,β-unsaturated/α-hetero) is 1. The number of nitrogens with one attached hydrogen (secondary N) is 2. The number of hydrogen-bond acceptors (Lipinski definition) is 6. The summed E-state index contributed by atoms with van der Waals surface area (Å²) in [5, 5.41) is 15.7. The van der Waals surface area contributed by atoms with Crippen LogP contribution in [0.3, 0.4) is 0 Å². The molecule has 4 rings (SSSR count). The van der Waals surface area contributed by atoms with Gasteiger partial charge in [0.15, 0.2) is 5.58 Å². The van der Waals surface area contributed by atoms with Gasteiger partial charge in [-0.05, 0) is 43.0 Å². The Kier molecular flexibility index (Phi) is 7.92. The average Bonchev–Trinajstić information content (AvgIpc) is 3.31. The summed E-state index contributed by atoms with van der Waals surface area (Å²) in [6, 6.07) is 16.3. The molecule has 1 aliphatic rings. The molecular formula is C27H30N4O3. The van der Waals surface area contributed by atoms with Crippen molar-refractivity contribution < 1.29 is 14.0 Å². The highest BCUT2D eigenvalue weighted by molar-refractivity contribution is 5.94.